The molecule has 2 rings (SSSR count). The molecule has 4 nitrogen and oxygen atoms in total. The van der Waals surface area contributed by atoms with Gasteiger partial charge in [0, 0.05) is 12.6 Å². The Morgan fingerprint density at radius 3 is 2.76 bits per heavy atom. The Morgan fingerprint density at radius 2 is 2.24 bits per heavy atom. The van der Waals surface area contributed by atoms with Gasteiger partial charge in [0.1, 0.15) is 0 Å². The third kappa shape index (κ3) is 3.51. The van der Waals surface area contributed by atoms with Gasteiger partial charge in [-0.2, -0.15) is 15.6 Å². The molecule has 0 bridgehead atoms. The summed E-state index contributed by atoms with van der Waals surface area (Å²) in [5.74, 6) is 0.171. The highest BCUT2D eigenvalue weighted by atomic mass is 32.2. The second-order valence-electron chi connectivity index (χ2n) is 4.37. The van der Waals surface area contributed by atoms with Crippen LogP contribution in [0.5, 0.6) is 0 Å². The number of nitrogens with two attached hydrogens (primary N) is 1. The van der Waals surface area contributed by atoms with Crippen molar-refractivity contribution < 1.29 is 8.42 Å². The summed E-state index contributed by atoms with van der Waals surface area (Å²) in [4.78, 5) is 0. The topological polar surface area (TPSA) is 63.4 Å². The van der Waals surface area contributed by atoms with Crippen LogP contribution in [-0.4, -0.2) is 31.1 Å². The van der Waals surface area contributed by atoms with Gasteiger partial charge in [-0.05, 0) is 48.2 Å². The lowest BCUT2D eigenvalue weighted by Crippen LogP contribution is -2.34. The van der Waals surface area contributed by atoms with Crippen molar-refractivity contribution in [3.63, 3.8) is 0 Å². The largest absolute Gasteiger partial charge is 0.330 e. The van der Waals surface area contributed by atoms with E-state index in [4.69, 9.17) is 5.73 Å². The molecule has 1 aromatic rings. The first-order valence-electron chi connectivity index (χ1n) is 5.84. The van der Waals surface area contributed by atoms with Gasteiger partial charge >= 0.3 is 0 Å². The Morgan fingerprint density at radius 1 is 1.47 bits per heavy atom. The fraction of sp³-hybridized carbons (Fsp3) is 0.636. The van der Waals surface area contributed by atoms with Gasteiger partial charge in [0.15, 0.2) is 0 Å². The van der Waals surface area contributed by atoms with Gasteiger partial charge < -0.3 is 5.73 Å². The number of sulfonamides is 1. The van der Waals surface area contributed by atoms with E-state index < -0.39 is 10.0 Å². The number of nitrogens with zero attached hydrogens (tertiary/aromatic N) is 1. The smallest absolute Gasteiger partial charge is 0.214 e. The van der Waals surface area contributed by atoms with Gasteiger partial charge in [-0.15, -0.1) is 0 Å². The Kier molecular flexibility index (Phi) is 4.19. The van der Waals surface area contributed by atoms with Gasteiger partial charge in [0.2, 0.25) is 10.0 Å². The molecule has 1 fully saturated rings. The number of hydrogen-bond donors (Lipinski definition) is 1. The Hall–Kier alpha value is -0.430. The monoisotopic (exact) mass is 274 g/mol. The van der Waals surface area contributed by atoms with E-state index in [2.05, 4.69) is 0 Å². The van der Waals surface area contributed by atoms with E-state index in [9.17, 15) is 8.42 Å². The van der Waals surface area contributed by atoms with Crippen molar-refractivity contribution in [3.05, 3.63) is 22.4 Å². The zero-order valence-corrected chi connectivity index (χ0v) is 11.3. The molecule has 0 radical (unpaired) electrons. The van der Waals surface area contributed by atoms with Crippen LogP contribution in [0.3, 0.4) is 0 Å². The minimum absolute atomic E-state index is 0.171. The highest BCUT2D eigenvalue weighted by Crippen LogP contribution is 2.31. The van der Waals surface area contributed by atoms with E-state index >= 15 is 0 Å². The zero-order valence-electron chi connectivity index (χ0n) is 9.71. The summed E-state index contributed by atoms with van der Waals surface area (Å²) in [7, 11) is -3.14. The molecule has 0 saturated heterocycles. The fourth-order valence-corrected chi connectivity index (χ4v) is 4.20. The van der Waals surface area contributed by atoms with Crippen LogP contribution in [0.15, 0.2) is 16.8 Å². The lowest BCUT2D eigenvalue weighted by atomic mass is 10.3. The highest BCUT2D eigenvalue weighted by Gasteiger charge is 2.36. The Labute approximate surface area is 106 Å². The summed E-state index contributed by atoms with van der Waals surface area (Å²) in [6.45, 7) is 0.942. The van der Waals surface area contributed by atoms with Crippen LogP contribution in [0.1, 0.15) is 24.8 Å². The van der Waals surface area contributed by atoms with Gasteiger partial charge in [-0.3, -0.25) is 0 Å². The minimum atomic E-state index is -3.14. The molecular weight excluding hydrogens is 256 g/mol. The Bertz CT molecular complexity index is 438. The average Bonchev–Trinajstić information content (AvgIpc) is 3.00. The summed E-state index contributed by atoms with van der Waals surface area (Å²) in [5, 5.41) is 3.99. The molecule has 1 saturated carbocycles. The van der Waals surface area contributed by atoms with Crippen molar-refractivity contribution in [3.8, 4) is 0 Å². The lowest BCUT2D eigenvalue weighted by Gasteiger charge is -2.21. The summed E-state index contributed by atoms with van der Waals surface area (Å²) < 4.78 is 26.0. The molecule has 6 heteroatoms. The molecule has 17 heavy (non-hydrogen) atoms. The first-order valence-corrected chi connectivity index (χ1v) is 8.39. The van der Waals surface area contributed by atoms with E-state index in [1.807, 2.05) is 16.8 Å². The summed E-state index contributed by atoms with van der Waals surface area (Å²) in [6, 6.07) is 2.20. The maximum absolute atomic E-state index is 12.2. The van der Waals surface area contributed by atoms with Gasteiger partial charge in [-0.25, -0.2) is 8.42 Å². The molecule has 0 unspecified atom stereocenters. The fourth-order valence-electron chi connectivity index (χ4n) is 1.76. The van der Waals surface area contributed by atoms with Crippen LogP contribution in [-0.2, 0) is 16.6 Å². The molecule has 96 valence electrons. The van der Waals surface area contributed by atoms with Crippen molar-refractivity contribution in [1.29, 1.82) is 0 Å². The van der Waals surface area contributed by atoms with E-state index in [0.717, 1.165) is 18.4 Å². The van der Waals surface area contributed by atoms with Crippen LogP contribution in [0, 0.1) is 0 Å². The van der Waals surface area contributed by atoms with Crippen LogP contribution >= 0.6 is 11.3 Å². The SMILES string of the molecule is NCCCS(=O)(=O)N(Cc1ccsc1)C1CC1. The van der Waals surface area contributed by atoms with Crippen molar-refractivity contribution in [1.82, 2.24) is 4.31 Å². The molecular formula is C11H18N2O2S2. The summed E-state index contributed by atoms with van der Waals surface area (Å²) >= 11 is 1.60. The first-order chi connectivity index (χ1) is 8.13. The van der Waals surface area contributed by atoms with Crippen molar-refractivity contribution >= 4 is 21.4 Å². The predicted molar refractivity (Wildman–Crippen MR) is 70.3 cm³/mol. The number of hydrogen-bond acceptors (Lipinski definition) is 4. The van der Waals surface area contributed by atoms with Crippen LogP contribution < -0.4 is 5.73 Å². The maximum atomic E-state index is 12.2. The van der Waals surface area contributed by atoms with Crippen LogP contribution in [0.4, 0.5) is 0 Å². The average molecular weight is 274 g/mol. The molecule has 0 atom stereocenters. The molecule has 0 aliphatic heterocycles. The van der Waals surface area contributed by atoms with E-state index in [1.165, 1.54) is 0 Å². The molecule has 1 aliphatic carbocycles. The number of thiophene rings is 1. The second kappa shape index (κ2) is 5.48. The highest BCUT2D eigenvalue weighted by molar-refractivity contribution is 7.89. The normalized spacial score (nSPS) is 16.6. The van der Waals surface area contributed by atoms with E-state index in [1.54, 1.807) is 15.6 Å². The van der Waals surface area contributed by atoms with Gasteiger partial charge in [-0.1, -0.05) is 0 Å². The van der Waals surface area contributed by atoms with Crippen LogP contribution in [0.2, 0.25) is 0 Å². The quantitative estimate of drug-likeness (QED) is 0.817. The van der Waals surface area contributed by atoms with Crippen molar-refractivity contribution in [2.24, 2.45) is 5.73 Å². The molecule has 0 amide bonds. The van der Waals surface area contributed by atoms with E-state index in [-0.39, 0.29) is 11.8 Å². The summed E-state index contributed by atoms with van der Waals surface area (Å²) in [5.41, 5.74) is 6.46. The van der Waals surface area contributed by atoms with Crippen molar-refractivity contribution in [2.45, 2.75) is 31.8 Å². The second-order valence-corrected chi connectivity index (χ2v) is 7.19. The van der Waals surface area contributed by atoms with Crippen molar-refractivity contribution in [2.75, 3.05) is 12.3 Å². The number of rotatable bonds is 7. The molecule has 1 aromatic heterocycles. The summed E-state index contributed by atoms with van der Waals surface area (Å²) in [6.07, 6.45) is 2.52. The standard InChI is InChI=1S/C11H18N2O2S2/c12-5-1-7-17(14,15)13(11-2-3-11)8-10-4-6-16-9-10/h4,6,9,11H,1-3,5,7-8,12H2. The predicted octanol–water partition coefficient (Wildman–Crippen LogP) is 1.39. The first kappa shape index (κ1) is 13.0. The molecule has 1 heterocycles. The third-order valence-corrected chi connectivity index (χ3v) is 5.51. The Balaban J connectivity index is 2.06. The molecule has 1 aliphatic rings. The molecule has 0 aromatic carbocycles. The van der Waals surface area contributed by atoms with Gasteiger partial charge in [0.25, 0.3) is 0 Å². The minimum Gasteiger partial charge on any atom is -0.330 e. The molecule has 2 N–H and O–H groups in total. The maximum Gasteiger partial charge on any atom is 0.214 e. The van der Waals surface area contributed by atoms with E-state index in [0.29, 0.717) is 19.5 Å². The zero-order chi connectivity index (χ0) is 12.3. The molecule has 0 spiro atoms. The third-order valence-electron chi connectivity index (χ3n) is 2.84. The van der Waals surface area contributed by atoms with Gasteiger partial charge in [0.05, 0.1) is 5.75 Å². The lowest BCUT2D eigenvalue weighted by molar-refractivity contribution is 0.398. The van der Waals surface area contributed by atoms with Crippen LogP contribution in [0.25, 0.3) is 0 Å².